The Labute approximate surface area is 97.5 Å². The molecule has 1 rings (SSSR count). The number of benzene rings is 1. The first-order valence-corrected chi connectivity index (χ1v) is 5.47. The number of nitrogens with one attached hydrogen (secondary N) is 1. The molecule has 3 heteroatoms. The van der Waals surface area contributed by atoms with Gasteiger partial charge in [0, 0.05) is 18.3 Å². The van der Waals surface area contributed by atoms with E-state index in [1.54, 1.807) is 11.9 Å². The molecule has 0 heterocycles. The van der Waals surface area contributed by atoms with Gasteiger partial charge in [-0.1, -0.05) is 18.2 Å². The Morgan fingerprint density at radius 2 is 1.81 bits per heavy atom. The van der Waals surface area contributed by atoms with E-state index in [-0.39, 0.29) is 11.4 Å². The smallest absolute Gasteiger partial charge is 0.240 e. The molecule has 0 atom stereocenters. The van der Waals surface area contributed by atoms with Gasteiger partial charge in [0.1, 0.15) is 0 Å². The molecule has 1 aromatic rings. The van der Waals surface area contributed by atoms with Crippen molar-refractivity contribution in [2.75, 3.05) is 18.5 Å². The number of anilines is 1. The lowest BCUT2D eigenvalue weighted by atomic mass is 10.1. The first kappa shape index (κ1) is 12.7. The number of para-hydroxylation sites is 1. The van der Waals surface area contributed by atoms with Crippen molar-refractivity contribution in [3.63, 3.8) is 0 Å². The summed E-state index contributed by atoms with van der Waals surface area (Å²) in [6.07, 6.45) is 0. The molecule has 0 radical (unpaired) electrons. The van der Waals surface area contributed by atoms with Gasteiger partial charge in [0.25, 0.3) is 0 Å². The van der Waals surface area contributed by atoms with Crippen molar-refractivity contribution in [3.8, 4) is 0 Å². The number of hydrogen-bond donors (Lipinski definition) is 1. The molecule has 0 aliphatic heterocycles. The van der Waals surface area contributed by atoms with Crippen LogP contribution < -0.4 is 10.2 Å². The van der Waals surface area contributed by atoms with E-state index in [2.05, 4.69) is 5.32 Å². The second-order valence-corrected chi connectivity index (χ2v) is 4.89. The summed E-state index contributed by atoms with van der Waals surface area (Å²) in [6, 6.07) is 9.64. The molecular formula is C13H20N2O. The van der Waals surface area contributed by atoms with Gasteiger partial charge in [0.2, 0.25) is 5.91 Å². The van der Waals surface area contributed by atoms with E-state index < -0.39 is 0 Å². The quantitative estimate of drug-likeness (QED) is 0.845. The average Bonchev–Trinajstić information content (AvgIpc) is 2.25. The third-order valence-corrected chi connectivity index (χ3v) is 2.29. The van der Waals surface area contributed by atoms with Crippen LogP contribution in [0.4, 0.5) is 5.69 Å². The molecular weight excluding hydrogens is 200 g/mol. The third-order valence-electron chi connectivity index (χ3n) is 2.29. The summed E-state index contributed by atoms with van der Waals surface area (Å²) in [6.45, 7) is 6.49. The van der Waals surface area contributed by atoms with Gasteiger partial charge in [-0.15, -0.1) is 0 Å². The highest BCUT2D eigenvalue weighted by atomic mass is 16.2. The molecule has 3 nitrogen and oxygen atoms in total. The number of carbonyl (C=O) groups excluding carboxylic acids is 1. The van der Waals surface area contributed by atoms with Gasteiger partial charge in [-0.25, -0.2) is 0 Å². The van der Waals surface area contributed by atoms with Crippen LogP contribution in [0.15, 0.2) is 30.3 Å². The van der Waals surface area contributed by atoms with Crippen molar-refractivity contribution < 1.29 is 4.79 Å². The maximum Gasteiger partial charge on any atom is 0.240 e. The van der Waals surface area contributed by atoms with Gasteiger partial charge in [-0.05, 0) is 32.9 Å². The molecule has 0 spiro atoms. The second-order valence-electron chi connectivity index (χ2n) is 4.89. The fourth-order valence-electron chi connectivity index (χ4n) is 1.25. The van der Waals surface area contributed by atoms with Crippen molar-refractivity contribution in [1.82, 2.24) is 5.32 Å². The summed E-state index contributed by atoms with van der Waals surface area (Å²) in [5, 5.41) is 3.18. The van der Waals surface area contributed by atoms with E-state index in [4.69, 9.17) is 0 Å². The number of carbonyl (C=O) groups is 1. The first-order chi connectivity index (χ1) is 7.40. The Bertz CT molecular complexity index is 341. The van der Waals surface area contributed by atoms with E-state index in [9.17, 15) is 4.79 Å². The SMILES string of the molecule is CN(C(=O)CNC(C)(C)C)c1ccccc1. The van der Waals surface area contributed by atoms with Crippen molar-refractivity contribution in [2.24, 2.45) is 0 Å². The topological polar surface area (TPSA) is 32.3 Å². The summed E-state index contributed by atoms with van der Waals surface area (Å²) in [7, 11) is 1.79. The Balaban J connectivity index is 2.55. The van der Waals surface area contributed by atoms with Crippen LogP contribution in [-0.2, 0) is 4.79 Å². The summed E-state index contributed by atoms with van der Waals surface area (Å²) in [4.78, 5) is 13.5. The molecule has 0 saturated carbocycles. The van der Waals surface area contributed by atoms with Crippen LogP contribution in [0, 0.1) is 0 Å². The van der Waals surface area contributed by atoms with Gasteiger partial charge in [-0.3, -0.25) is 4.79 Å². The van der Waals surface area contributed by atoms with E-state index in [0.29, 0.717) is 6.54 Å². The van der Waals surface area contributed by atoms with Crippen LogP contribution in [-0.4, -0.2) is 25.0 Å². The fraction of sp³-hybridized carbons (Fsp3) is 0.462. The molecule has 0 bridgehead atoms. The normalized spacial score (nSPS) is 11.2. The first-order valence-electron chi connectivity index (χ1n) is 5.47. The number of rotatable bonds is 3. The standard InChI is InChI=1S/C13H20N2O/c1-13(2,3)14-10-12(16)15(4)11-8-6-5-7-9-11/h5-9,14H,10H2,1-4H3. The monoisotopic (exact) mass is 220 g/mol. The number of hydrogen-bond acceptors (Lipinski definition) is 2. The van der Waals surface area contributed by atoms with Crippen LogP contribution in [0.2, 0.25) is 0 Å². The third kappa shape index (κ3) is 4.03. The number of nitrogens with zero attached hydrogens (tertiary/aromatic N) is 1. The molecule has 0 aliphatic carbocycles. The van der Waals surface area contributed by atoms with Gasteiger partial charge in [0.15, 0.2) is 0 Å². The molecule has 0 aromatic heterocycles. The van der Waals surface area contributed by atoms with Gasteiger partial charge in [-0.2, -0.15) is 0 Å². The van der Waals surface area contributed by atoms with E-state index in [1.807, 2.05) is 51.1 Å². The zero-order chi connectivity index (χ0) is 12.2. The van der Waals surface area contributed by atoms with Crippen molar-refractivity contribution in [1.29, 1.82) is 0 Å². The average molecular weight is 220 g/mol. The molecule has 16 heavy (non-hydrogen) atoms. The van der Waals surface area contributed by atoms with E-state index >= 15 is 0 Å². The Kier molecular flexibility index (Phi) is 4.07. The van der Waals surface area contributed by atoms with Crippen molar-refractivity contribution in [3.05, 3.63) is 30.3 Å². The minimum absolute atomic E-state index is 0.0345. The molecule has 0 aliphatic rings. The lowest BCUT2D eigenvalue weighted by molar-refractivity contribution is -0.117. The van der Waals surface area contributed by atoms with Crippen LogP contribution >= 0.6 is 0 Å². The molecule has 1 aromatic carbocycles. The van der Waals surface area contributed by atoms with Gasteiger partial charge < -0.3 is 10.2 Å². The molecule has 88 valence electrons. The number of amides is 1. The number of likely N-dealkylation sites (N-methyl/N-ethyl adjacent to an activating group) is 1. The zero-order valence-corrected chi connectivity index (χ0v) is 10.4. The zero-order valence-electron chi connectivity index (χ0n) is 10.4. The molecule has 0 fully saturated rings. The summed E-state index contributed by atoms with van der Waals surface area (Å²) >= 11 is 0. The molecule has 1 amide bonds. The second kappa shape index (κ2) is 5.12. The summed E-state index contributed by atoms with van der Waals surface area (Å²) in [5.74, 6) is 0.0705. The van der Waals surface area contributed by atoms with Crippen LogP contribution in [0.3, 0.4) is 0 Å². The maximum absolute atomic E-state index is 11.9. The minimum atomic E-state index is -0.0345. The Hall–Kier alpha value is -1.35. The largest absolute Gasteiger partial charge is 0.314 e. The van der Waals surface area contributed by atoms with Crippen LogP contribution in [0.1, 0.15) is 20.8 Å². The molecule has 1 N–H and O–H groups in total. The van der Waals surface area contributed by atoms with Gasteiger partial charge >= 0.3 is 0 Å². The highest BCUT2D eigenvalue weighted by molar-refractivity contribution is 5.94. The highest BCUT2D eigenvalue weighted by Crippen LogP contribution is 2.10. The molecule has 0 saturated heterocycles. The summed E-state index contributed by atoms with van der Waals surface area (Å²) < 4.78 is 0. The Morgan fingerprint density at radius 3 is 2.31 bits per heavy atom. The van der Waals surface area contributed by atoms with Crippen LogP contribution in [0.25, 0.3) is 0 Å². The lowest BCUT2D eigenvalue weighted by Crippen LogP contribution is -2.43. The highest BCUT2D eigenvalue weighted by Gasteiger charge is 2.14. The van der Waals surface area contributed by atoms with Crippen LogP contribution in [0.5, 0.6) is 0 Å². The van der Waals surface area contributed by atoms with Crippen molar-refractivity contribution in [2.45, 2.75) is 26.3 Å². The van der Waals surface area contributed by atoms with E-state index in [1.165, 1.54) is 0 Å². The predicted molar refractivity (Wildman–Crippen MR) is 67.6 cm³/mol. The van der Waals surface area contributed by atoms with Crippen molar-refractivity contribution >= 4 is 11.6 Å². The fourth-order valence-corrected chi connectivity index (χ4v) is 1.25. The van der Waals surface area contributed by atoms with Gasteiger partial charge in [0.05, 0.1) is 6.54 Å². The summed E-state index contributed by atoms with van der Waals surface area (Å²) in [5.41, 5.74) is 0.885. The minimum Gasteiger partial charge on any atom is -0.314 e. The maximum atomic E-state index is 11.9. The lowest BCUT2D eigenvalue weighted by Gasteiger charge is -2.23. The predicted octanol–water partition coefficient (Wildman–Crippen LogP) is 2.04. The molecule has 0 unspecified atom stereocenters. The van der Waals surface area contributed by atoms with E-state index in [0.717, 1.165) is 5.69 Å². The Morgan fingerprint density at radius 1 is 1.25 bits per heavy atom.